The summed E-state index contributed by atoms with van der Waals surface area (Å²) in [5, 5.41) is 0. The number of benzene rings is 1. The molecule has 0 heterocycles. The Hall–Kier alpha value is -1.72. The van der Waals surface area contributed by atoms with Crippen LogP contribution in [0.2, 0.25) is 58.9 Å². The molecule has 150 valence electrons. The Bertz CT molecular complexity index is 627. The fourth-order valence-corrected chi connectivity index (χ4v) is 4.01. The Morgan fingerprint density at radius 3 is 0.852 bits per heavy atom. The molecular weight excluding hydrogens is 396 g/mol. The van der Waals surface area contributed by atoms with Crippen molar-refractivity contribution in [2.45, 2.75) is 58.9 Å². The van der Waals surface area contributed by atoms with E-state index in [-0.39, 0.29) is 16.7 Å². The fourth-order valence-electron chi connectivity index (χ4n) is 1.99. The molecule has 1 aromatic rings. The van der Waals surface area contributed by atoms with E-state index >= 15 is 0 Å². The number of hydrogen-bond donors (Lipinski definition) is 0. The van der Waals surface area contributed by atoms with Gasteiger partial charge < -0.3 is 13.3 Å². The molecule has 0 bridgehead atoms. The average Bonchev–Trinajstić information content (AvgIpc) is 2.41. The number of carbonyl (C=O) groups excluding carboxylic acids is 3. The highest BCUT2D eigenvalue weighted by atomic mass is 28.4. The van der Waals surface area contributed by atoms with Crippen molar-refractivity contribution in [2.24, 2.45) is 0 Å². The normalized spacial score (nSPS) is 12.3. The van der Waals surface area contributed by atoms with Crippen molar-refractivity contribution in [3.63, 3.8) is 0 Å². The minimum absolute atomic E-state index is 0.143. The van der Waals surface area contributed by atoms with Gasteiger partial charge in [-0.3, -0.25) is 0 Å². The van der Waals surface area contributed by atoms with E-state index in [1.807, 2.05) is 58.9 Å². The monoisotopic (exact) mass is 426 g/mol. The summed E-state index contributed by atoms with van der Waals surface area (Å²) in [6.07, 6.45) is 0. The summed E-state index contributed by atoms with van der Waals surface area (Å²) in [5.41, 5.74) is 0.430. The fraction of sp³-hybridized carbons (Fsp3) is 0.500. The van der Waals surface area contributed by atoms with Crippen LogP contribution in [-0.4, -0.2) is 42.9 Å². The molecule has 0 N–H and O–H groups in total. The second-order valence-corrected chi connectivity index (χ2v) is 22.6. The topological polar surface area (TPSA) is 78.9 Å². The average molecular weight is 427 g/mol. The van der Waals surface area contributed by atoms with Crippen LogP contribution >= 0.6 is 0 Å². The highest BCUT2D eigenvalue weighted by Gasteiger charge is 2.27. The predicted octanol–water partition coefficient (Wildman–Crippen LogP) is 4.66. The Morgan fingerprint density at radius 1 is 0.519 bits per heavy atom. The third kappa shape index (κ3) is 8.67. The quantitative estimate of drug-likeness (QED) is 0.615. The minimum atomic E-state index is -2.14. The summed E-state index contributed by atoms with van der Waals surface area (Å²) in [4.78, 5) is 37.5. The summed E-state index contributed by atoms with van der Waals surface area (Å²) in [6.45, 7) is 17.0. The summed E-state index contributed by atoms with van der Waals surface area (Å²) < 4.78 is 16.5. The van der Waals surface area contributed by atoms with Crippen molar-refractivity contribution in [1.82, 2.24) is 0 Å². The zero-order valence-corrected chi connectivity index (χ0v) is 20.7. The van der Waals surface area contributed by atoms with Crippen molar-refractivity contribution in [1.29, 1.82) is 0 Å². The van der Waals surface area contributed by atoms with Crippen LogP contribution in [0.25, 0.3) is 0 Å². The van der Waals surface area contributed by atoms with Crippen LogP contribution in [-0.2, 0) is 13.3 Å². The molecular formula is C18H30O6Si3. The molecule has 0 aliphatic rings. The number of carbonyl (C=O) groups is 3. The molecule has 9 heteroatoms. The van der Waals surface area contributed by atoms with Gasteiger partial charge in [-0.05, 0) is 77.1 Å². The summed E-state index contributed by atoms with van der Waals surface area (Å²) >= 11 is 0. The van der Waals surface area contributed by atoms with Gasteiger partial charge in [0.05, 0.1) is 16.7 Å². The van der Waals surface area contributed by atoms with Gasteiger partial charge in [0.25, 0.3) is 0 Å². The van der Waals surface area contributed by atoms with Crippen molar-refractivity contribution < 1.29 is 27.7 Å². The Balaban J connectivity index is 3.36. The van der Waals surface area contributed by atoms with Gasteiger partial charge in [0.2, 0.25) is 25.0 Å². The maximum atomic E-state index is 12.5. The molecule has 0 atom stereocenters. The second kappa shape index (κ2) is 8.11. The van der Waals surface area contributed by atoms with Crippen LogP contribution in [0.3, 0.4) is 0 Å². The van der Waals surface area contributed by atoms with E-state index in [0.717, 1.165) is 0 Å². The van der Waals surface area contributed by atoms with Crippen molar-refractivity contribution >= 4 is 42.9 Å². The standard InChI is InChI=1S/C18H30O6Si3/c1-25(2,3)22-16(19)13-10-14(17(20)23-26(4,5)6)12-15(11-13)18(21)24-27(7,8)9/h10-12H,1-9H3. The first-order valence-electron chi connectivity index (χ1n) is 8.82. The molecule has 0 aliphatic carbocycles. The van der Waals surface area contributed by atoms with E-state index in [9.17, 15) is 14.4 Å². The van der Waals surface area contributed by atoms with Gasteiger partial charge in [-0.25, -0.2) is 14.4 Å². The number of rotatable bonds is 6. The molecule has 1 rings (SSSR count). The van der Waals surface area contributed by atoms with E-state index < -0.39 is 42.9 Å². The smallest absolute Gasteiger partial charge is 0.324 e. The lowest BCUT2D eigenvalue weighted by atomic mass is 10.1. The SMILES string of the molecule is C[Si](C)(C)OC(=O)c1cc(C(=O)O[Si](C)(C)C)cc(C(=O)O[Si](C)(C)C)c1. The van der Waals surface area contributed by atoms with E-state index in [2.05, 4.69) is 0 Å². The molecule has 0 unspecified atom stereocenters. The largest absolute Gasteiger partial charge is 0.516 e. The van der Waals surface area contributed by atoms with Crippen LogP contribution in [0.4, 0.5) is 0 Å². The van der Waals surface area contributed by atoms with E-state index in [1.54, 1.807) is 0 Å². The van der Waals surface area contributed by atoms with Crippen LogP contribution < -0.4 is 0 Å². The van der Waals surface area contributed by atoms with E-state index in [1.165, 1.54) is 18.2 Å². The Labute approximate surface area is 164 Å². The van der Waals surface area contributed by atoms with Gasteiger partial charge >= 0.3 is 17.9 Å². The van der Waals surface area contributed by atoms with E-state index in [0.29, 0.717) is 0 Å². The molecule has 0 saturated heterocycles. The zero-order chi connectivity index (χ0) is 21.2. The predicted molar refractivity (Wildman–Crippen MR) is 113 cm³/mol. The van der Waals surface area contributed by atoms with Gasteiger partial charge in [0, 0.05) is 0 Å². The minimum Gasteiger partial charge on any atom is -0.516 e. The van der Waals surface area contributed by atoms with Crippen LogP contribution in [0.5, 0.6) is 0 Å². The summed E-state index contributed by atoms with van der Waals surface area (Å²) in [5.74, 6) is -1.67. The van der Waals surface area contributed by atoms with Crippen LogP contribution in [0, 0.1) is 0 Å². The summed E-state index contributed by atoms with van der Waals surface area (Å²) in [6, 6.07) is 4.24. The van der Waals surface area contributed by atoms with Crippen molar-refractivity contribution in [2.75, 3.05) is 0 Å². The lowest BCUT2D eigenvalue weighted by molar-refractivity contribution is 0.0723. The van der Waals surface area contributed by atoms with Crippen molar-refractivity contribution in [3.8, 4) is 0 Å². The first kappa shape index (κ1) is 23.3. The molecule has 27 heavy (non-hydrogen) atoms. The van der Waals surface area contributed by atoms with Gasteiger partial charge in [0.15, 0.2) is 0 Å². The third-order valence-electron chi connectivity index (χ3n) is 2.84. The maximum absolute atomic E-state index is 12.5. The lowest BCUT2D eigenvalue weighted by Gasteiger charge is -2.21. The molecule has 0 spiro atoms. The van der Waals surface area contributed by atoms with Crippen LogP contribution in [0.15, 0.2) is 18.2 Å². The number of hydrogen-bond acceptors (Lipinski definition) is 6. The Morgan fingerprint density at radius 2 is 0.704 bits per heavy atom. The molecule has 0 aliphatic heterocycles. The Kier molecular flexibility index (Phi) is 7.01. The van der Waals surface area contributed by atoms with Gasteiger partial charge in [-0.2, -0.15) is 0 Å². The molecule has 6 nitrogen and oxygen atoms in total. The summed E-state index contributed by atoms with van der Waals surface area (Å²) in [7, 11) is -6.41. The molecule has 0 saturated carbocycles. The maximum Gasteiger partial charge on any atom is 0.324 e. The third-order valence-corrected chi connectivity index (χ3v) is 5.23. The van der Waals surface area contributed by atoms with Gasteiger partial charge in [-0.15, -0.1) is 0 Å². The van der Waals surface area contributed by atoms with Gasteiger partial charge in [-0.1, -0.05) is 0 Å². The molecule has 0 amide bonds. The first-order chi connectivity index (χ1) is 12.0. The van der Waals surface area contributed by atoms with Gasteiger partial charge in [0.1, 0.15) is 0 Å². The molecule has 0 radical (unpaired) electrons. The van der Waals surface area contributed by atoms with Crippen molar-refractivity contribution in [3.05, 3.63) is 34.9 Å². The zero-order valence-electron chi connectivity index (χ0n) is 17.7. The molecule has 1 aromatic carbocycles. The lowest BCUT2D eigenvalue weighted by Crippen LogP contribution is -2.31. The van der Waals surface area contributed by atoms with Crippen LogP contribution in [0.1, 0.15) is 31.1 Å². The molecule has 0 aromatic heterocycles. The molecule has 0 fully saturated rings. The van der Waals surface area contributed by atoms with E-state index in [4.69, 9.17) is 13.3 Å². The second-order valence-electron chi connectivity index (χ2n) is 9.30. The first-order valence-corrected chi connectivity index (χ1v) is 19.0. The highest BCUT2D eigenvalue weighted by molar-refractivity contribution is 6.72. The highest BCUT2D eigenvalue weighted by Crippen LogP contribution is 2.19.